The van der Waals surface area contributed by atoms with Gasteiger partial charge >= 0.3 is 6.18 Å². The van der Waals surface area contributed by atoms with Crippen molar-refractivity contribution in [2.45, 2.75) is 19.0 Å². The summed E-state index contributed by atoms with van der Waals surface area (Å²) in [6.45, 7) is 1.04. The highest BCUT2D eigenvalue weighted by Crippen LogP contribution is 2.36. The lowest BCUT2D eigenvalue weighted by atomic mass is 10.0. The fourth-order valence-electron chi connectivity index (χ4n) is 2.92. The predicted molar refractivity (Wildman–Crippen MR) is 84.2 cm³/mol. The van der Waals surface area contributed by atoms with Gasteiger partial charge in [0.25, 0.3) is 0 Å². The van der Waals surface area contributed by atoms with E-state index in [4.69, 9.17) is 4.42 Å². The van der Waals surface area contributed by atoms with Gasteiger partial charge in [-0.15, -0.1) is 0 Å². The number of anilines is 2. The molecule has 128 valence electrons. The van der Waals surface area contributed by atoms with Crippen LogP contribution in [-0.2, 0) is 4.79 Å². The Morgan fingerprint density at radius 1 is 1.17 bits per heavy atom. The molecular formula is C17H17F3N2O2. The number of benzene rings is 1. The number of hydrogen-bond donors (Lipinski definition) is 0. The summed E-state index contributed by atoms with van der Waals surface area (Å²) < 4.78 is 43.6. The Morgan fingerprint density at radius 2 is 1.88 bits per heavy atom. The minimum absolute atomic E-state index is 0.132. The summed E-state index contributed by atoms with van der Waals surface area (Å²) in [5.41, 5.74) is 0.914. The summed E-state index contributed by atoms with van der Waals surface area (Å²) in [5, 5.41) is 0. The number of hydrogen-bond acceptors (Lipinski definition) is 3. The molecule has 0 fully saturated rings. The highest BCUT2D eigenvalue weighted by Gasteiger charge is 2.36. The van der Waals surface area contributed by atoms with Gasteiger partial charge in [0.1, 0.15) is 12.3 Å². The van der Waals surface area contributed by atoms with Gasteiger partial charge in [-0.3, -0.25) is 4.79 Å². The van der Waals surface area contributed by atoms with Gasteiger partial charge in [-0.1, -0.05) is 12.1 Å². The van der Waals surface area contributed by atoms with Gasteiger partial charge in [-0.05, 0) is 31.2 Å². The lowest BCUT2D eigenvalue weighted by molar-refractivity contribution is -0.120. The molecule has 0 N–H and O–H groups in total. The zero-order valence-electron chi connectivity index (χ0n) is 13.1. The zero-order chi connectivity index (χ0) is 17.3. The Bertz CT molecular complexity index is 713. The van der Waals surface area contributed by atoms with Crippen molar-refractivity contribution >= 4 is 17.3 Å². The molecule has 1 aliphatic rings. The van der Waals surface area contributed by atoms with Gasteiger partial charge in [0.15, 0.2) is 0 Å². The summed E-state index contributed by atoms with van der Waals surface area (Å²) in [7, 11) is 0. The van der Waals surface area contributed by atoms with Gasteiger partial charge in [-0.2, -0.15) is 13.2 Å². The Morgan fingerprint density at radius 3 is 2.50 bits per heavy atom. The molecule has 3 rings (SSSR count). The van der Waals surface area contributed by atoms with Crippen molar-refractivity contribution in [3.63, 3.8) is 0 Å². The first-order valence-corrected chi connectivity index (χ1v) is 7.62. The number of furan rings is 1. The van der Waals surface area contributed by atoms with E-state index in [1.807, 2.05) is 0 Å². The molecule has 0 saturated carbocycles. The van der Waals surface area contributed by atoms with Gasteiger partial charge in [-0.25, -0.2) is 0 Å². The van der Waals surface area contributed by atoms with E-state index in [1.165, 1.54) is 16.1 Å². The van der Waals surface area contributed by atoms with Crippen LogP contribution in [0.2, 0.25) is 0 Å². The van der Waals surface area contributed by atoms with Crippen LogP contribution >= 0.6 is 0 Å². The number of fused-ring (bicyclic) bond motifs is 1. The average Bonchev–Trinajstić information content (AvgIpc) is 3.07. The van der Waals surface area contributed by atoms with Gasteiger partial charge in [0.05, 0.1) is 23.6 Å². The Kier molecular flexibility index (Phi) is 4.26. The first-order valence-electron chi connectivity index (χ1n) is 7.62. The van der Waals surface area contributed by atoms with Crippen LogP contribution in [0.15, 0.2) is 47.1 Å². The van der Waals surface area contributed by atoms with Crippen molar-refractivity contribution in [1.82, 2.24) is 0 Å². The van der Waals surface area contributed by atoms with E-state index in [1.54, 1.807) is 43.3 Å². The smallest absolute Gasteiger partial charge is 0.405 e. The van der Waals surface area contributed by atoms with Crippen molar-refractivity contribution in [1.29, 1.82) is 0 Å². The average molecular weight is 338 g/mol. The summed E-state index contributed by atoms with van der Waals surface area (Å²) in [4.78, 5) is 15.6. The number of para-hydroxylation sites is 2. The second-order valence-electron chi connectivity index (χ2n) is 5.75. The van der Waals surface area contributed by atoms with E-state index in [9.17, 15) is 18.0 Å². The van der Waals surface area contributed by atoms with Crippen molar-refractivity contribution < 1.29 is 22.4 Å². The molecule has 1 aliphatic heterocycles. The van der Waals surface area contributed by atoms with Crippen LogP contribution in [0.4, 0.5) is 24.5 Å². The molecular weight excluding hydrogens is 321 g/mol. The van der Waals surface area contributed by atoms with Crippen LogP contribution in [-0.4, -0.2) is 31.7 Å². The van der Waals surface area contributed by atoms with E-state index in [0.29, 0.717) is 17.1 Å². The first-order chi connectivity index (χ1) is 11.4. The minimum Gasteiger partial charge on any atom is -0.469 e. The number of nitrogens with zero attached hydrogens (tertiary/aromatic N) is 2. The van der Waals surface area contributed by atoms with Crippen molar-refractivity contribution in [2.75, 3.05) is 29.4 Å². The maximum Gasteiger partial charge on any atom is 0.405 e. The third-order valence-corrected chi connectivity index (χ3v) is 4.08. The molecule has 0 aliphatic carbocycles. The fraction of sp³-hybridized carbons (Fsp3) is 0.353. The molecule has 2 heterocycles. The minimum atomic E-state index is -4.29. The number of halogens is 3. The predicted octanol–water partition coefficient (Wildman–Crippen LogP) is 3.80. The molecule has 0 radical (unpaired) electrons. The Labute approximate surface area is 137 Å². The van der Waals surface area contributed by atoms with Gasteiger partial charge in [0, 0.05) is 13.1 Å². The number of carbonyl (C=O) groups is 1. The number of carbonyl (C=O) groups excluding carboxylic acids is 1. The summed E-state index contributed by atoms with van der Waals surface area (Å²) in [6.07, 6.45) is -2.80. The number of amides is 1. The SMILES string of the molecule is CC(C(=O)N1CCN(CC(F)(F)F)c2ccccc21)c1ccco1. The molecule has 0 spiro atoms. The molecule has 1 atom stereocenters. The molecule has 1 unspecified atom stereocenters. The van der Waals surface area contributed by atoms with E-state index < -0.39 is 18.6 Å². The Hall–Kier alpha value is -2.44. The van der Waals surface area contributed by atoms with E-state index in [0.717, 1.165) is 0 Å². The molecule has 7 heteroatoms. The van der Waals surface area contributed by atoms with Crippen LogP contribution in [0.1, 0.15) is 18.6 Å². The van der Waals surface area contributed by atoms with Crippen molar-refractivity contribution in [2.24, 2.45) is 0 Å². The van der Waals surface area contributed by atoms with Crippen LogP contribution in [0.25, 0.3) is 0 Å². The molecule has 2 aromatic rings. The van der Waals surface area contributed by atoms with Crippen molar-refractivity contribution in [3.8, 4) is 0 Å². The van der Waals surface area contributed by atoms with E-state index in [2.05, 4.69) is 0 Å². The Balaban J connectivity index is 1.88. The van der Waals surface area contributed by atoms with Crippen LogP contribution in [0, 0.1) is 0 Å². The summed E-state index contributed by atoms with van der Waals surface area (Å²) in [5.74, 6) is -0.151. The number of rotatable bonds is 3. The molecule has 1 aromatic heterocycles. The second kappa shape index (κ2) is 6.22. The normalized spacial score (nSPS) is 16.0. The van der Waals surface area contributed by atoms with Gasteiger partial charge in [0.2, 0.25) is 5.91 Å². The monoisotopic (exact) mass is 338 g/mol. The largest absolute Gasteiger partial charge is 0.469 e. The third-order valence-electron chi connectivity index (χ3n) is 4.08. The first kappa shape index (κ1) is 16.4. The maximum atomic E-state index is 12.8. The second-order valence-corrected chi connectivity index (χ2v) is 5.75. The molecule has 1 aromatic carbocycles. The maximum absolute atomic E-state index is 12.8. The van der Waals surface area contributed by atoms with E-state index >= 15 is 0 Å². The fourth-order valence-corrected chi connectivity index (χ4v) is 2.92. The highest BCUT2D eigenvalue weighted by atomic mass is 19.4. The quantitative estimate of drug-likeness (QED) is 0.854. The lowest BCUT2D eigenvalue weighted by Gasteiger charge is -2.38. The molecule has 0 bridgehead atoms. The zero-order valence-corrected chi connectivity index (χ0v) is 13.1. The standard InChI is InChI=1S/C17H17F3N2O2/c1-12(15-7-4-10-24-15)16(23)22-9-8-21(11-17(18,19)20)13-5-2-3-6-14(13)22/h2-7,10,12H,8-9,11H2,1H3. The van der Waals surface area contributed by atoms with E-state index in [-0.39, 0.29) is 19.0 Å². The van der Waals surface area contributed by atoms with Crippen LogP contribution < -0.4 is 9.80 Å². The van der Waals surface area contributed by atoms with Gasteiger partial charge < -0.3 is 14.2 Å². The topological polar surface area (TPSA) is 36.7 Å². The van der Waals surface area contributed by atoms with Crippen LogP contribution in [0.3, 0.4) is 0 Å². The third kappa shape index (κ3) is 3.25. The molecule has 0 saturated heterocycles. The lowest BCUT2D eigenvalue weighted by Crippen LogP contribution is -2.48. The molecule has 4 nitrogen and oxygen atoms in total. The van der Waals surface area contributed by atoms with Crippen LogP contribution in [0.5, 0.6) is 0 Å². The number of alkyl halides is 3. The highest BCUT2D eigenvalue weighted by molar-refractivity contribution is 6.01. The summed E-state index contributed by atoms with van der Waals surface area (Å²) in [6, 6.07) is 10.1. The molecule has 1 amide bonds. The molecule has 24 heavy (non-hydrogen) atoms. The van der Waals surface area contributed by atoms with Crippen molar-refractivity contribution in [3.05, 3.63) is 48.4 Å². The summed E-state index contributed by atoms with van der Waals surface area (Å²) >= 11 is 0.